The van der Waals surface area contributed by atoms with Gasteiger partial charge in [0, 0.05) is 18.2 Å². The molecule has 0 radical (unpaired) electrons. The molecule has 0 aromatic carbocycles. The molecule has 0 unspecified atom stereocenters. The number of aromatic nitrogens is 1. The van der Waals surface area contributed by atoms with Crippen molar-refractivity contribution in [3.8, 4) is 0 Å². The van der Waals surface area contributed by atoms with Crippen LogP contribution in [0, 0.1) is 17.6 Å². The number of nitrogens with one attached hydrogen (secondary N) is 1. The fraction of sp³-hybridized carbons (Fsp3) is 0.583. The molecule has 1 N–H and O–H groups in total. The number of pyridine rings is 1. The van der Waals surface area contributed by atoms with E-state index >= 15 is 0 Å². The molecule has 1 aromatic heterocycles. The summed E-state index contributed by atoms with van der Waals surface area (Å²) in [6, 6.07) is 0.508. The van der Waals surface area contributed by atoms with Crippen LogP contribution in [0.2, 0.25) is 0 Å². The highest BCUT2D eigenvalue weighted by Gasteiger charge is 2.39. The van der Waals surface area contributed by atoms with Crippen LogP contribution in [0.3, 0.4) is 0 Å². The molecule has 0 spiro atoms. The van der Waals surface area contributed by atoms with E-state index in [1.807, 2.05) is 14.1 Å². The van der Waals surface area contributed by atoms with Gasteiger partial charge in [0.15, 0.2) is 17.5 Å². The molecule has 0 bridgehead atoms. The van der Waals surface area contributed by atoms with Crippen molar-refractivity contribution in [1.29, 1.82) is 0 Å². The molecule has 0 aliphatic heterocycles. The number of halogens is 3. The standard InChI is InChI=1S/C12H16F3N3/c1-18(2)12(4-3-5-12)7-16-11-9(14)6-8(13)10(15)17-11/h6H,3-5,7H2,1-2H3,(H,16,17). The van der Waals surface area contributed by atoms with Crippen LogP contribution in [-0.2, 0) is 0 Å². The zero-order valence-electron chi connectivity index (χ0n) is 10.4. The molecule has 1 aliphatic rings. The van der Waals surface area contributed by atoms with Gasteiger partial charge in [-0.3, -0.25) is 0 Å². The van der Waals surface area contributed by atoms with E-state index in [9.17, 15) is 13.2 Å². The van der Waals surface area contributed by atoms with Gasteiger partial charge in [0.25, 0.3) is 5.95 Å². The first-order valence-corrected chi connectivity index (χ1v) is 5.87. The van der Waals surface area contributed by atoms with Gasteiger partial charge in [-0.15, -0.1) is 0 Å². The van der Waals surface area contributed by atoms with E-state index in [2.05, 4.69) is 15.2 Å². The Balaban J connectivity index is 2.08. The summed E-state index contributed by atoms with van der Waals surface area (Å²) in [5.74, 6) is -3.67. The van der Waals surface area contributed by atoms with Crippen molar-refractivity contribution in [2.24, 2.45) is 0 Å². The molecule has 3 nitrogen and oxygen atoms in total. The second kappa shape index (κ2) is 4.76. The average Bonchev–Trinajstić information content (AvgIpc) is 2.23. The maximum absolute atomic E-state index is 13.4. The Bertz CT molecular complexity index is 444. The van der Waals surface area contributed by atoms with Crippen LogP contribution in [0.4, 0.5) is 19.0 Å². The summed E-state index contributed by atoms with van der Waals surface area (Å²) >= 11 is 0. The van der Waals surface area contributed by atoms with Crippen molar-refractivity contribution < 1.29 is 13.2 Å². The molecule has 18 heavy (non-hydrogen) atoms. The molecule has 0 saturated heterocycles. The summed E-state index contributed by atoms with van der Waals surface area (Å²) in [6.45, 7) is 0.467. The van der Waals surface area contributed by atoms with Crippen LogP contribution < -0.4 is 5.32 Å². The normalized spacial score (nSPS) is 17.7. The van der Waals surface area contributed by atoms with Crippen LogP contribution in [0.5, 0.6) is 0 Å². The van der Waals surface area contributed by atoms with Gasteiger partial charge in [0.05, 0.1) is 0 Å². The lowest BCUT2D eigenvalue weighted by Gasteiger charge is -2.47. The minimum absolute atomic E-state index is 0.0427. The zero-order chi connectivity index (χ0) is 13.3. The number of rotatable bonds is 4. The van der Waals surface area contributed by atoms with E-state index in [0.717, 1.165) is 19.3 Å². The molecule has 1 saturated carbocycles. The molecule has 1 heterocycles. The van der Waals surface area contributed by atoms with Crippen molar-refractivity contribution in [3.63, 3.8) is 0 Å². The lowest BCUT2D eigenvalue weighted by atomic mass is 9.75. The second-order valence-electron chi connectivity index (χ2n) is 4.92. The van der Waals surface area contributed by atoms with E-state index in [1.54, 1.807) is 0 Å². The Morgan fingerprint density at radius 2 is 1.94 bits per heavy atom. The lowest BCUT2D eigenvalue weighted by Crippen LogP contribution is -2.54. The molecule has 100 valence electrons. The van der Waals surface area contributed by atoms with Crippen molar-refractivity contribution in [2.45, 2.75) is 24.8 Å². The predicted molar refractivity (Wildman–Crippen MR) is 62.9 cm³/mol. The fourth-order valence-corrected chi connectivity index (χ4v) is 2.18. The van der Waals surface area contributed by atoms with Gasteiger partial charge in [-0.2, -0.15) is 9.37 Å². The first-order valence-electron chi connectivity index (χ1n) is 5.87. The van der Waals surface area contributed by atoms with E-state index in [1.165, 1.54) is 0 Å². The van der Waals surface area contributed by atoms with Crippen LogP contribution >= 0.6 is 0 Å². The average molecular weight is 259 g/mol. The Labute approximate surface area is 104 Å². The van der Waals surface area contributed by atoms with Crippen LogP contribution in [0.25, 0.3) is 0 Å². The van der Waals surface area contributed by atoms with Crippen LogP contribution in [0.15, 0.2) is 6.07 Å². The summed E-state index contributed by atoms with van der Waals surface area (Å²) in [4.78, 5) is 5.32. The molecule has 1 fully saturated rings. The number of hydrogen-bond donors (Lipinski definition) is 1. The van der Waals surface area contributed by atoms with Gasteiger partial charge in [-0.1, -0.05) is 0 Å². The first kappa shape index (κ1) is 13.1. The third kappa shape index (κ3) is 2.29. The largest absolute Gasteiger partial charge is 0.366 e. The van der Waals surface area contributed by atoms with Crippen molar-refractivity contribution in [3.05, 3.63) is 23.6 Å². The van der Waals surface area contributed by atoms with Crippen LogP contribution in [0.1, 0.15) is 19.3 Å². The summed E-state index contributed by atoms with van der Waals surface area (Å²) < 4.78 is 39.0. The highest BCUT2D eigenvalue weighted by atomic mass is 19.2. The summed E-state index contributed by atoms with van der Waals surface area (Å²) in [5.41, 5.74) is -0.0427. The maximum atomic E-state index is 13.4. The highest BCUT2D eigenvalue weighted by Crippen LogP contribution is 2.36. The SMILES string of the molecule is CN(C)C1(CNc2nc(F)c(F)cc2F)CCC1. The minimum Gasteiger partial charge on any atom is -0.366 e. The Kier molecular flexibility index (Phi) is 3.47. The Morgan fingerprint density at radius 1 is 1.28 bits per heavy atom. The number of hydrogen-bond acceptors (Lipinski definition) is 3. The van der Waals surface area contributed by atoms with Crippen LogP contribution in [-0.4, -0.2) is 36.1 Å². The molecule has 0 amide bonds. The summed E-state index contributed by atoms with van der Waals surface area (Å²) in [7, 11) is 3.91. The van der Waals surface area contributed by atoms with Gasteiger partial charge >= 0.3 is 0 Å². The Hall–Kier alpha value is -1.30. The van der Waals surface area contributed by atoms with Gasteiger partial charge in [-0.25, -0.2) is 8.78 Å². The zero-order valence-corrected chi connectivity index (χ0v) is 10.4. The number of anilines is 1. The molecule has 0 atom stereocenters. The van der Waals surface area contributed by atoms with Crippen molar-refractivity contribution >= 4 is 5.82 Å². The molecule has 1 aliphatic carbocycles. The van der Waals surface area contributed by atoms with Gasteiger partial charge in [0.2, 0.25) is 0 Å². The van der Waals surface area contributed by atoms with Gasteiger partial charge in [0.1, 0.15) is 0 Å². The monoisotopic (exact) mass is 259 g/mol. The van der Waals surface area contributed by atoms with E-state index < -0.39 is 17.6 Å². The molecule has 6 heteroatoms. The topological polar surface area (TPSA) is 28.2 Å². The highest BCUT2D eigenvalue weighted by molar-refractivity contribution is 5.37. The van der Waals surface area contributed by atoms with Crippen molar-refractivity contribution in [1.82, 2.24) is 9.88 Å². The molecule has 2 rings (SSSR count). The maximum Gasteiger partial charge on any atom is 0.251 e. The second-order valence-corrected chi connectivity index (χ2v) is 4.92. The number of nitrogens with zero attached hydrogens (tertiary/aromatic N) is 2. The van der Waals surface area contributed by atoms with Crippen molar-refractivity contribution in [2.75, 3.05) is 26.0 Å². The van der Waals surface area contributed by atoms with E-state index in [-0.39, 0.29) is 11.4 Å². The molecule has 1 aromatic rings. The van der Waals surface area contributed by atoms with Gasteiger partial charge < -0.3 is 10.2 Å². The van der Waals surface area contributed by atoms with E-state index in [0.29, 0.717) is 12.6 Å². The summed E-state index contributed by atoms with van der Waals surface area (Å²) in [6.07, 6.45) is 3.12. The smallest absolute Gasteiger partial charge is 0.251 e. The van der Waals surface area contributed by atoms with E-state index in [4.69, 9.17) is 0 Å². The minimum atomic E-state index is -1.29. The molecular weight excluding hydrogens is 243 g/mol. The third-order valence-electron chi connectivity index (χ3n) is 3.70. The number of likely N-dealkylation sites (N-methyl/N-ethyl adjacent to an activating group) is 1. The Morgan fingerprint density at radius 3 is 2.44 bits per heavy atom. The lowest BCUT2D eigenvalue weighted by molar-refractivity contribution is 0.0737. The summed E-state index contributed by atoms with van der Waals surface area (Å²) in [5, 5.41) is 2.77. The third-order valence-corrected chi connectivity index (χ3v) is 3.70. The fourth-order valence-electron chi connectivity index (χ4n) is 2.18. The molecular formula is C12H16F3N3. The quantitative estimate of drug-likeness (QED) is 0.842. The predicted octanol–water partition coefficient (Wildman–Crippen LogP) is 2.40. The van der Waals surface area contributed by atoms with Gasteiger partial charge in [-0.05, 0) is 33.4 Å². The first-order chi connectivity index (χ1) is 8.44.